The summed E-state index contributed by atoms with van der Waals surface area (Å²) in [5.41, 5.74) is 2.48. The molecule has 0 spiro atoms. The number of aryl methyl sites for hydroxylation is 1. The van der Waals surface area contributed by atoms with E-state index in [2.05, 4.69) is 56.1 Å². The molecule has 0 heterocycles. The molecule has 0 aliphatic heterocycles. The molecule has 1 aromatic carbocycles. The molecule has 114 valence electrons. The zero-order valence-electron chi connectivity index (χ0n) is 13.4. The summed E-state index contributed by atoms with van der Waals surface area (Å²) in [6.45, 7) is 13.1. The highest BCUT2D eigenvalue weighted by Gasteiger charge is 2.12. The Morgan fingerprint density at radius 3 is 2.45 bits per heavy atom. The lowest BCUT2D eigenvalue weighted by atomic mass is 10.0. The fraction of sp³-hybridized carbons (Fsp3) is 0.647. The third-order valence-corrected chi connectivity index (χ3v) is 4.21. The Morgan fingerprint density at radius 2 is 1.90 bits per heavy atom. The molecule has 0 aliphatic rings. The highest BCUT2D eigenvalue weighted by molar-refractivity contribution is 6.31. The van der Waals surface area contributed by atoms with Crippen molar-refractivity contribution in [3.05, 3.63) is 34.3 Å². The zero-order valence-corrected chi connectivity index (χ0v) is 14.1. The smallest absolute Gasteiger partial charge is 0.0441 e. The lowest BCUT2D eigenvalue weighted by Crippen LogP contribution is -2.35. The molecule has 0 aliphatic carbocycles. The molecule has 1 rings (SSSR count). The Hall–Kier alpha value is -0.570. The van der Waals surface area contributed by atoms with Gasteiger partial charge in [-0.2, -0.15) is 0 Å². The molecule has 1 N–H and O–H groups in total. The largest absolute Gasteiger partial charge is 0.314 e. The summed E-state index contributed by atoms with van der Waals surface area (Å²) in [5, 5.41) is 4.49. The van der Waals surface area contributed by atoms with Crippen LogP contribution < -0.4 is 5.32 Å². The van der Waals surface area contributed by atoms with Crippen LogP contribution in [-0.2, 0) is 6.42 Å². The van der Waals surface area contributed by atoms with Crippen LogP contribution in [0.2, 0.25) is 5.02 Å². The average molecular weight is 297 g/mol. The molecule has 3 heteroatoms. The second kappa shape index (κ2) is 9.38. The quantitative estimate of drug-likeness (QED) is 0.743. The third kappa shape index (κ3) is 5.82. The fourth-order valence-corrected chi connectivity index (χ4v) is 2.84. The summed E-state index contributed by atoms with van der Waals surface area (Å²) >= 11 is 6.35. The predicted octanol–water partition coefficient (Wildman–Crippen LogP) is 3.90. The molecule has 0 saturated carbocycles. The van der Waals surface area contributed by atoms with Gasteiger partial charge in [-0.3, -0.25) is 0 Å². The van der Waals surface area contributed by atoms with Crippen molar-refractivity contribution < 1.29 is 0 Å². The maximum absolute atomic E-state index is 6.35. The summed E-state index contributed by atoms with van der Waals surface area (Å²) in [4.78, 5) is 2.47. The Bertz CT molecular complexity index is 389. The van der Waals surface area contributed by atoms with Crippen LogP contribution in [0.3, 0.4) is 0 Å². The van der Waals surface area contributed by atoms with Gasteiger partial charge in [-0.15, -0.1) is 0 Å². The number of nitrogens with one attached hydrogen (secondary N) is 1. The molecule has 20 heavy (non-hydrogen) atoms. The first kappa shape index (κ1) is 17.5. The van der Waals surface area contributed by atoms with E-state index in [-0.39, 0.29) is 0 Å². The van der Waals surface area contributed by atoms with Gasteiger partial charge in [-0.1, -0.05) is 44.5 Å². The van der Waals surface area contributed by atoms with Crippen molar-refractivity contribution in [1.82, 2.24) is 10.2 Å². The van der Waals surface area contributed by atoms with Crippen molar-refractivity contribution in [1.29, 1.82) is 0 Å². The van der Waals surface area contributed by atoms with Gasteiger partial charge in [0.15, 0.2) is 0 Å². The Kier molecular flexibility index (Phi) is 8.20. The SMILES string of the molecule is CCNC(CCN(CC)CC)Cc1ccc(C)cc1Cl. The lowest BCUT2D eigenvalue weighted by molar-refractivity contribution is 0.281. The van der Waals surface area contributed by atoms with Gasteiger partial charge in [0.1, 0.15) is 0 Å². The maximum Gasteiger partial charge on any atom is 0.0441 e. The number of likely N-dealkylation sites (N-methyl/N-ethyl adjacent to an activating group) is 1. The number of nitrogens with zero attached hydrogens (tertiary/aromatic N) is 1. The minimum Gasteiger partial charge on any atom is -0.314 e. The van der Waals surface area contributed by atoms with Gasteiger partial charge in [0.05, 0.1) is 0 Å². The molecule has 0 radical (unpaired) electrons. The molecule has 1 unspecified atom stereocenters. The van der Waals surface area contributed by atoms with E-state index in [1.165, 1.54) is 17.5 Å². The standard InChI is InChI=1S/C17H29ClN2/c1-5-19-16(10-11-20(6-2)7-3)13-15-9-8-14(4)12-17(15)18/h8-9,12,16,19H,5-7,10-11,13H2,1-4H3. The Balaban J connectivity index is 2.61. The van der Waals surface area contributed by atoms with Crippen LogP contribution in [0.5, 0.6) is 0 Å². The number of hydrogen-bond donors (Lipinski definition) is 1. The second-order valence-corrected chi connectivity index (χ2v) is 5.78. The molecular formula is C17H29ClN2. The van der Waals surface area contributed by atoms with E-state index >= 15 is 0 Å². The minimum absolute atomic E-state index is 0.501. The van der Waals surface area contributed by atoms with E-state index in [0.29, 0.717) is 6.04 Å². The summed E-state index contributed by atoms with van der Waals surface area (Å²) < 4.78 is 0. The maximum atomic E-state index is 6.35. The summed E-state index contributed by atoms with van der Waals surface area (Å²) in [7, 11) is 0. The fourth-order valence-electron chi connectivity index (χ4n) is 2.53. The minimum atomic E-state index is 0.501. The second-order valence-electron chi connectivity index (χ2n) is 5.37. The average Bonchev–Trinajstić information content (AvgIpc) is 2.43. The molecule has 1 aromatic rings. The highest BCUT2D eigenvalue weighted by Crippen LogP contribution is 2.20. The van der Waals surface area contributed by atoms with Crippen molar-refractivity contribution >= 4 is 11.6 Å². The molecule has 0 saturated heterocycles. The molecule has 2 nitrogen and oxygen atoms in total. The highest BCUT2D eigenvalue weighted by atomic mass is 35.5. The van der Waals surface area contributed by atoms with Crippen LogP contribution in [0.25, 0.3) is 0 Å². The van der Waals surface area contributed by atoms with E-state index in [1.54, 1.807) is 0 Å². The van der Waals surface area contributed by atoms with Gasteiger partial charge in [-0.25, -0.2) is 0 Å². The van der Waals surface area contributed by atoms with Crippen LogP contribution in [0.15, 0.2) is 18.2 Å². The van der Waals surface area contributed by atoms with E-state index in [9.17, 15) is 0 Å². The van der Waals surface area contributed by atoms with Crippen LogP contribution in [0, 0.1) is 6.92 Å². The van der Waals surface area contributed by atoms with E-state index in [4.69, 9.17) is 11.6 Å². The first-order valence-corrected chi connectivity index (χ1v) is 8.19. The molecule has 0 amide bonds. The summed E-state index contributed by atoms with van der Waals surface area (Å²) in [6, 6.07) is 6.87. The molecular weight excluding hydrogens is 268 g/mol. The van der Waals surface area contributed by atoms with Crippen LogP contribution in [0.1, 0.15) is 38.3 Å². The van der Waals surface area contributed by atoms with Crippen molar-refractivity contribution in [3.8, 4) is 0 Å². The van der Waals surface area contributed by atoms with Crippen LogP contribution in [0.4, 0.5) is 0 Å². The van der Waals surface area contributed by atoms with Gasteiger partial charge in [0.2, 0.25) is 0 Å². The van der Waals surface area contributed by atoms with Crippen molar-refractivity contribution in [2.24, 2.45) is 0 Å². The van der Waals surface area contributed by atoms with Gasteiger partial charge in [-0.05, 0) is 63.1 Å². The van der Waals surface area contributed by atoms with E-state index in [1.807, 2.05) is 0 Å². The van der Waals surface area contributed by atoms with Gasteiger partial charge in [0, 0.05) is 11.1 Å². The summed E-state index contributed by atoms with van der Waals surface area (Å²) in [6.07, 6.45) is 2.17. The monoisotopic (exact) mass is 296 g/mol. The number of halogens is 1. The van der Waals surface area contributed by atoms with E-state index < -0.39 is 0 Å². The first-order chi connectivity index (χ1) is 9.60. The number of rotatable bonds is 9. The first-order valence-electron chi connectivity index (χ1n) is 7.81. The van der Waals surface area contributed by atoms with Crippen molar-refractivity contribution in [3.63, 3.8) is 0 Å². The molecule has 1 atom stereocenters. The molecule has 0 bridgehead atoms. The zero-order chi connectivity index (χ0) is 15.0. The lowest BCUT2D eigenvalue weighted by Gasteiger charge is -2.23. The Morgan fingerprint density at radius 1 is 1.20 bits per heavy atom. The number of benzene rings is 1. The van der Waals surface area contributed by atoms with Crippen molar-refractivity contribution in [2.75, 3.05) is 26.2 Å². The molecule has 0 fully saturated rings. The predicted molar refractivity (Wildman–Crippen MR) is 89.8 cm³/mol. The normalized spacial score (nSPS) is 12.9. The van der Waals surface area contributed by atoms with Crippen LogP contribution >= 0.6 is 11.6 Å². The number of hydrogen-bond acceptors (Lipinski definition) is 2. The van der Waals surface area contributed by atoms with Gasteiger partial charge >= 0.3 is 0 Å². The van der Waals surface area contributed by atoms with Gasteiger partial charge in [0.25, 0.3) is 0 Å². The van der Waals surface area contributed by atoms with Crippen LogP contribution in [-0.4, -0.2) is 37.1 Å². The van der Waals surface area contributed by atoms with E-state index in [0.717, 1.165) is 37.6 Å². The summed E-state index contributed by atoms with van der Waals surface area (Å²) in [5.74, 6) is 0. The van der Waals surface area contributed by atoms with Gasteiger partial charge < -0.3 is 10.2 Å². The van der Waals surface area contributed by atoms with Crippen molar-refractivity contribution in [2.45, 2.75) is 46.6 Å². The Labute approximate surface area is 129 Å². The third-order valence-electron chi connectivity index (χ3n) is 3.86. The molecule has 0 aromatic heterocycles. The topological polar surface area (TPSA) is 15.3 Å².